The number of alkyl carbamates (subject to hydrolysis) is 1. The van der Waals surface area contributed by atoms with Gasteiger partial charge in [-0.15, -0.1) is 0 Å². The molecule has 5 nitrogen and oxygen atoms in total. The van der Waals surface area contributed by atoms with Gasteiger partial charge in [-0.05, 0) is 12.0 Å². The lowest BCUT2D eigenvalue weighted by Crippen LogP contribution is -2.26. The third-order valence-electron chi connectivity index (χ3n) is 2.11. The minimum Gasteiger partial charge on any atom is -0.466 e. The van der Waals surface area contributed by atoms with Crippen LogP contribution in [0.5, 0.6) is 0 Å². The summed E-state index contributed by atoms with van der Waals surface area (Å²) in [4.78, 5) is 21.7. The highest BCUT2D eigenvalue weighted by Crippen LogP contribution is 2.00. The molecule has 1 aromatic carbocycles. The molecule has 1 N–H and O–H groups in total. The predicted octanol–water partition coefficient (Wildman–Crippen LogP) is 1.87. The minimum atomic E-state index is -0.471. The van der Waals surface area contributed by atoms with Crippen molar-refractivity contribution in [2.24, 2.45) is 0 Å². The van der Waals surface area contributed by atoms with Crippen molar-refractivity contribution < 1.29 is 19.1 Å². The molecule has 5 heteroatoms. The summed E-state index contributed by atoms with van der Waals surface area (Å²) in [5.41, 5.74) is 0.938. The van der Waals surface area contributed by atoms with Crippen molar-refractivity contribution in [3.8, 4) is 0 Å². The Morgan fingerprint density at radius 2 is 1.89 bits per heavy atom. The van der Waals surface area contributed by atoms with Gasteiger partial charge >= 0.3 is 12.1 Å². The molecule has 0 unspecified atom stereocenters. The summed E-state index contributed by atoms with van der Waals surface area (Å²) in [6, 6.07) is 9.44. The van der Waals surface area contributed by atoms with Gasteiger partial charge in [-0.25, -0.2) is 4.79 Å². The van der Waals surface area contributed by atoms with E-state index in [4.69, 9.17) is 9.47 Å². The first-order valence-corrected chi connectivity index (χ1v) is 5.76. The van der Waals surface area contributed by atoms with Crippen molar-refractivity contribution in [2.75, 3.05) is 13.2 Å². The van der Waals surface area contributed by atoms with E-state index in [1.165, 1.54) is 6.92 Å². The van der Waals surface area contributed by atoms with Gasteiger partial charge in [0.25, 0.3) is 0 Å². The summed E-state index contributed by atoms with van der Waals surface area (Å²) in [7, 11) is 0. The molecule has 0 radical (unpaired) electrons. The second kappa shape index (κ2) is 8.11. The van der Waals surface area contributed by atoms with Crippen LogP contribution in [0, 0.1) is 0 Å². The minimum absolute atomic E-state index is 0.247. The second-order valence-corrected chi connectivity index (χ2v) is 3.68. The number of ether oxygens (including phenoxy) is 2. The molecular weight excluding hydrogens is 234 g/mol. The normalized spacial score (nSPS) is 9.61. The zero-order chi connectivity index (χ0) is 13.2. The van der Waals surface area contributed by atoms with E-state index in [1.807, 2.05) is 30.3 Å². The molecule has 0 saturated heterocycles. The van der Waals surface area contributed by atoms with Crippen LogP contribution >= 0.6 is 0 Å². The van der Waals surface area contributed by atoms with Gasteiger partial charge in [-0.2, -0.15) is 0 Å². The van der Waals surface area contributed by atoms with E-state index in [9.17, 15) is 9.59 Å². The van der Waals surface area contributed by atoms with Gasteiger partial charge in [0.15, 0.2) is 0 Å². The summed E-state index contributed by atoms with van der Waals surface area (Å²) in [5, 5.41) is 2.57. The highest BCUT2D eigenvalue weighted by Gasteiger charge is 2.01. The van der Waals surface area contributed by atoms with Gasteiger partial charge in [0.05, 0.1) is 6.61 Å². The van der Waals surface area contributed by atoms with Gasteiger partial charge in [-0.1, -0.05) is 30.3 Å². The van der Waals surface area contributed by atoms with Crippen LogP contribution in [0.1, 0.15) is 18.9 Å². The number of hydrogen-bond donors (Lipinski definition) is 1. The Morgan fingerprint density at radius 3 is 2.56 bits per heavy atom. The molecule has 0 spiro atoms. The van der Waals surface area contributed by atoms with Gasteiger partial charge in [0.2, 0.25) is 0 Å². The quantitative estimate of drug-likeness (QED) is 0.619. The largest absolute Gasteiger partial charge is 0.466 e. The molecule has 0 fully saturated rings. The van der Waals surface area contributed by atoms with Crippen LogP contribution in [0.25, 0.3) is 0 Å². The highest BCUT2D eigenvalue weighted by atomic mass is 16.5. The Kier molecular flexibility index (Phi) is 6.32. The molecule has 0 aliphatic carbocycles. The van der Waals surface area contributed by atoms with Gasteiger partial charge in [0, 0.05) is 13.5 Å². The topological polar surface area (TPSA) is 64.6 Å². The van der Waals surface area contributed by atoms with Crippen LogP contribution in [-0.2, 0) is 20.9 Å². The number of carbonyl (C=O) groups is 2. The third-order valence-corrected chi connectivity index (χ3v) is 2.11. The average Bonchev–Trinajstić information content (AvgIpc) is 2.37. The number of rotatable bonds is 6. The summed E-state index contributed by atoms with van der Waals surface area (Å²) >= 11 is 0. The first-order chi connectivity index (χ1) is 8.68. The van der Waals surface area contributed by atoms with E-state index < -0.39 is 6.09 Å². The Hall–Kier alpha value is -2.04. The maximum absolute atomic E-state index is 11.3. The van der Waals surface area contributed by atoms with E-state index in [0.29, 0.717) is 19.6 Å². The van der Waals surface area contributed by atoms with E-state index in [-0.39, 0.29) is 12.6 Å². The molecule has 0 atom stereocenters. The highest BCUT2D eigenvalue weighted by molar-refractivity contribution is 5.67. The lowest BCUT2D eigenvalue weighted by atomic mass is 10.2. The second-order valence-electron chi connectivity index (χ2n) is 3.68. The van der Waals surface area contributed by atoms with Crippen LogP contribution in [0.2, 0.25) is 0 Å². The average molecular weight is 251 g/mol. The summed E-state index contributed by atoms with van der Waals surface area (Å²) < 4.78 is 9.72. The number of amides is 1. The molecule has 1 aromatic rings. The van der Waals surface area contributed by atoms with E-state index >= 15 is 0 Å². The smallest absolute Gasteiger partial charge is 0.407 e. The van der Waals surface area contributed by atoms with Crippen molar-refractivity contribution in [2.45, 2.75) is 20.0 Å². The molecule has 0 aliphatic rings. The van der Waals surface area contributed by atoms with Crippen LogP contribution in [0.15, 0.2) is 30.3 Å². The number of benzene rings is 1. The molecule has 0 heterocycles. The Bertz CT molecular complexity index is 378. The fraction of sp³-hybridized carbons (Fsp3) is 0.385. The molecule has 18 heavy (non-hydrogen) atoms. The van der Waals surface area contributed by atoms with Gasteiger partial charge < -0.3 is 14.8 Å². The Labute approximate surface area is 106 Å². The molecule has 0 aromatic heterocycles. The van der Waals surface area contributed by atoms with Crippen molar-refractivity contribution in [3.63, 3.8) is 0 Å². The molecule has 0 aliphatic heterocycles. The summed E-state index contributed by atoms with van der Waals surface area (Å²) in [5.74, 6) is -0.318. The summed E-state index contributed by atoms with van der Waals surface area (Å²) in [6.07, 6.45) is 0.0988. The lowest BCUT2D eigenvalue weighted by Gasteiger charge is -2.07. The zero-order valence-corrected chi connectivity index (χ0v) is 10.3. The van der Waals surface area contributed by atoms with Crippen molar-refractivity contribution >= 4 is 12.1 Å². The van der Waals surface area contributed by atoms with E-state index in [2.05, 4.69) is 5.32 Å². The van der Waals surface area contributed by atoms with Crippen LogP contribution in [-0.4, -0.2) is 25.2 Å². The van der Waals surface area contributed by atoms with Crippen molar-refractivity contribution in [1.82, 2.24) is 5.32 Å². The Balaban J connectivity index is 2.06. The standard InChI is InChI=1S/C13H17NO4/c1-11(15)17-9-5-8-14-13(16)18-10-12-6-3-2-4-7-12/h2-4,6-7H,5,8-10H2,1H3,(H,14,16). The van der Waals surface area contributed by atoms with E-state index in [1.54, 1.807) is 0 Å². The predicted molar refractivity (Wildman–Crippen MR) is 65.9 cm³/mol. The first kappa shape index (κ1) is 14.0. The fourth-order valence-corrected chi connectivity index (χ4v) is 1.25. The maximum Gasteiger partial charge on any atom is 0.407 e. The summed E-state index contributed by atoms with van der Waals surface area (Å²) in [6.45, 7) is 2.31. The van der Waals surface area contributed by atoms with Crippen molar-refractivity contribution in [1.29, 1.82) is 0 Å². The van der Waals surface area contributed by atoms with Crippen molar-refractivity contribution in [3.05, 3.63) is 35.9 Å². The fourth-order valence-electron chi connectivity index (χ4n) is 1.25. The third kappa shape index (κ3) is 6.52. The molecule has 1 rings (SSSR count). The SMILES string of the molecule is CC(=O)OCCCNC(=O)OCc1ccccc1. The monoisotopic (exact) mass is 251 g/mol. The van der Waals surface area contributed by atoms with Crippen LogP contribution < -0.4 is 5.32 Å². The molecule has 0 bridgehead atoms. The first-order valence-electron chi connectivity index (χ1n) is 5.76. The zero-order valence-electron chi connectivity index (χ0n) is 10.3. The molecule has 1 amide bonds. The maximum atomic E-state index is 11.3. The van der Waals surface area contributed by atoms with E-state index in [0.717, 1.165) is 5.56 Å². The lowest BCUT2D eigenvalue weighted by molar-refractivity contribution is -0.140. The molecular formula is C13H17NO4. The number of hydrogen-bond acceptors (Lipinski definition) is 4. The molecule has 98 valence electrons. The van der Waals surface area contributed by atoms with Gasteiger partial charge in [0.1, 0.15) is 6.61 Å². The molecule has 0 saturated carbocycles. The van der Waals surface area contributed by atoms with Gasteiger partial charge in [-0.3, -0.25) is 4.79 Å². The van der Waals surface area contributed by atoms with Crippen LogP contribution in [0.4, 0.5) is 4.79 Å². The van der Waals surface area contributed by atoms with Crippen LogP contribution in [0.3, 0.4) is 0 Å². The Morgan fingerprint density at radius 1 is 1.17 bits per heavy atom. The number of nitrogens with one attached hydrogen (secondary N) is 1. The number of esters is 1. The number of carbonyl (C=O) groups excluding carboxylic acids is 2.